The van der Waals surface area contributed by atoms with E-state index in [1.54, 1.807) is 32.6 Å². The van der Waals surface area contributed by atoms with Crippen LogP contribution in [0.5, 0.6) is 0 Å². The van der Waals surface area contributed by atoms with E-state index in [0.717, 1.165) is 0 Å². The molecule has 1 aliphatic rings. The van der Waals surface area contributed by atoms with Gasteiger partial charge in [0.2, 0.25) is 11.8 Å². The van der Waals surface area contributed by atoms with E-state index < -0.39 is 11.6 Å². The van der Waals surface area contributed by atoms with E-state index in [9.17, 15) is 9.59 Å². The highest BCUT2D eigenvalue weighted by molar-refractivity contribution is 5.99. The van der Waals surface area contributed by atoms with E-state index in [1.165, 1.54) is 0 Å². The Labute approximate surface area is 96.4 Å². The number of rotatable bonds is 2. The summed E-state index contributed by atoms with van der Waals surface area (Å²) in [6.07, 6.45) is 0.607. The Balaban J connectivity index is 2.81. The van der Waals surface area contributed by atoms with Crippen molar-refractivity contribution in [3.63, 3.8) is 0 Å². The smallest absolute Gasteiger partial charge is 0.248 e. The number of piperazine rings is 1. The van der Waals surface area contributed by atoms with E-state index in [0.29, 0.717) is 13.0 Å². The molecule has 0 aromatic carbocycles. The van der Waals surface area contributed by atoms with Crippen LogP contribution in [0.15, 0.2) is 0 Å². The maximum Gasteiger partial charge on any atom is 0.248 e. The van der Waals surface area contributed by atoms with Gasteiger partial charge < -0.3 is 10.2 Å². The van der Waals surface area contributed by atoms with Crippen LogP contribution in [0.4, 0.5) is 0 Å². The number of nitrogens with zero attached hydrogens (tertiary/aromatic N) is 1. The lowest BCUT2D eigenvalue weighted by Gasteiger charge is -2.41. The number of hydrogen-bond donors (Lipinski definition) is 1. The van der Waals surface area contributed by atoms with Crippen molar-refractivity contribution in [1.29, 1.82) is 0 Å². The molecule has 1 heterocycles. The van der Waals surface area contributed by atoms with Crippen LogP contribution < -0.4 is 5.32 Å². The first-order valence-electron chi connectivity index (χ1n) is 5.43. The first kappa shape index (κ1) is 12.6. The first-order valence-corrected chi connectivity index (χ1v) is 5.43. The molecule has 88 valence electrons. The van der Waals surface area contributed by atoms with Crippen LogP contribution in [0.2, 0.25) is 0 Å². The van der Waals surface area contributed by atoms with E-state index in [-0.39, 0.29) is 11.8 Å². The maximum absolute atomic E-state index is 12.1. The van der Waals surface area contributed by atoms with Gasteiger partial charge in [-0.1, -0.05) is 0 Å². The molecule has 0 bridgehead atoms. The summed E-state index contributed by atoms with van der Waals surface area (Å²) in [6.45, 7) is 7.45. The number of hydrogen-bond acceptors (Lipinski definition) is 2. The highest BCUT2D eigenvalue weighted by Gasteiger charge is 2.42. The number of nitrogens with one attached hydrogen (secondary N) is 1. The van der Waals surface area contributed by atoms with Crippen LogP contribution in [0, 0.1) is 11.8 Å². The molecule has 1 rings (SSSR count). The lowest BCUT2D eigenvalue weighted by Crippen LogP contribution is -2.67. The van der Waals surface area contributed by atoms with Gasteiger partial charge in [-0.15, -0.1) is 11.8 Å². The predicted octanol–water partition coefficient (Wildman–Crippen LogP) is 0.525. The molecule has 0 aliphatic carbocycles. The van der Waals surface area contributed by atoms with Gasteiger partial charge in [0.25, 0.3) is 0 Å². The summed E-state index contributed by atoms with van der Waals surface area (Å²) in [5.41, 5.74) is -0.802. The van der Waals surface area contributed by atoms with Crippen molar-refractivity contribution in [3.8, 4) is 11.8 Å². The fourth-order valence-electron chi connectivity index (χ4n) is 1.74. The molecule has 0 radical (unpaired) electrons. The molecule has 16 heavy (non-hydrogen) atoms. The minimum Gasteiger partial charge on any atom is -0.340 e. The summed E-state index contributed by atoms with van der Waals surface area (Å²) in [4.78, 5) is 25.3. The summed E-state index contributed by atoms with van der Waals surface area (Å²) >= 11 is 0. The molecule has 0 aromatic rings. The van der Waals surface area contributed by atoms with Crippen LogP contribution in [0.3, 0.4) is 0 Å². The number of carbonyl (C=O) groups excluding carboxylic acids is 2. The Morgan fingerprint density at radius 3 is 2.62 bits per heavy atom. The SMILES string of the molecule is CC#CCCN1C(=O)C(C)(C)NC(=O)C1C. The van der Waals surface area contributed by atoms with Crippen LogP contribution >= 0.6 is 0 Å². The molecule has 1 atom stereocenters. The second kappa shape index (κ2) is 4.56. The predicted molar refractivity (Wildman–Crippen MR) is 61.5 cm³/mol. The van der Waals surface area contributed by atoms with E-state index in [2.05, 4.69) is 17.2 Å². The van der Waals surface area contributed by atoms with Crippen molar-refractivity contribution in [2.45, 2.75) is 45.7 Å². The van der Waals surface area contributed by atoms with E-state index >= 15 is 0 Å². The summed E-state index contributed by atoms with van der Waals surface area (Å²) < 4.78 is 0. The molecule has 1 saturated heterocycles. The third-order valence-corrected chi connectivity index (χ3v) is 2.73. The lowest BCUT2D eigenvalue weighted by molar-refractivity contribution is -0.152. The largest absolute Gasteiger partial charge is 0.340 e. The van der Waals surface area contributed by atoms with Crippen molar-refractivity contribution in [2.24, 2.45) is 0 Å². The Kier molecular flexibility index (Phi) is 3.58. The monoisotopic (exact) mass is 222 g/mol. The number of carbonyl (C=O) groups is 2. The summed E-state index contributed by atoms with van der Waals surface area (Å²) in [7, 11) is 0. The topological polar surface area (TPSA) is 49.4 Å². The van der Waals surface area contributed by atoms with Crippen LogP contribution in [0.1, 0.15) is 34.1 Å². The zero-order chi connectivity index (χ0) is 12.3. The summed E-state index contributed by atoms with van der Waals surface area (Å²) in [5.74, 6) is 5.54. The normalized spacial score (nSPS) is 23.5. The van der Waals surface area contributed by atoms with Crippen LogP contribution in [0.25, 0.3) is 0 Å². The Morgan fingerprint density at radius 2 is 2.06 bits per heavy atom. The minimum atomic E-state index is -0.802. The first-order chi connectivity index (χ1) is 7.40. The molecule has 1 unspecified atom stereocenters. The van der Waals surface area contributed by atoms with Crippen molar-refractivity contribution in [2.75, 3.05) is 6.54 Å². The van der Waals surface area contributed by atoms with Crippen molar-refractivity contribution in [3.05, 3.63) is 0 Å². The highest BCUT2D eigenvalue weighted by atomic mass is 16.2. The molecule has 1 N–H and O–H groups in total. The van der Waals surface area contributed by atoms with Gasteiger partial charge in [-0.3, -0.25) is 9.59 Å². The van der Waals surface area contributed by atoms with Gasteiger partial charge in [0.05, 0.1) is 0 Å². The second-order valence-electron chi connectivity index (χ2n) is 4.47. The van der Waals surface area contributed by atoms with Crippen molar-refractivity contribution in [1.82, 2.24) is 10.2 Å². The van der Waals surface area contributed by atoms with Crippen molar-refractivity contribution < 1.29 is 9.59 Å². The molecule has 4 nitrogen and oxygen atoms in total. The number of amides is 2. The standard InChI is InChI=1S/C12H18N2O2/c1-5-6-7-8-14-9(2)10(15)13-12(3,4)11(14)16/h9H,7-8H2,1-4H3,(H,13,15). The van der Waals surface area contributed by atoms with Crippen LogP contribution in [-0.4, -0.2) is 34.8 Å². The van der Waals surface area contributed by atoms with Gasteiger partial charge in [0.15, 0.2) is 0 Å². The summed E-state index contributed by atoms with van der Waals surface area (Å²) in [6, 6.07) is -0.404. The molecule has 0 aromatic heterocycles. The average Bonchev–Trinajstić information content (AvgIpc) is 2.20. The maximum atomic E-state index is 12.1. The minimum absolute atomic E-state index is 0.0440. The third-order valence-electron chi connectivity index (χ3n) is 2.73. The zero-order valence-electron chi connectivity index (χ0n) is 10.3. The molecular weight excluding hydrogens is 204 g/mol. The third kappa shape index (κ3) is 2.35. The van der Waals surface area contributed by atoms with Gasteiger partial charge in [0, 0.05) is 13.0 Å². The van der Waals surface area contributed by atoms with Gasteiger partial charge in [-0.25, -0.2) is 0 Å². The van der Waals surface area contributed by atoms with Crippen LogP contribution in [-0.2, 0) is 9.59 Å². The molecule has 0 saturated carbocycles. The van der Waals surface area contributed by atoms with E-state index in [1.807, 2.05) is 0 Å². The van der Waals surface area contributed by atoms with Crippen molar-refractivity contribution >= 4 is 11.8 Å². The van der Waals surface area contributed by atoms with E-state index in [4.69, 9.17) is 0 Å². The average molecular weight is 222 g/mol. The van der Waals surface area contributed by atoms with Gasteiger partial charge in [0.1, 0.15) is 11.6 Å². The van der Waals surface area contributed by atoms with Gasteiger partial charge in [-0.05, 0) is 27.7 Å². The van der Waals surface area contributed by atoms with Gasteiger partial charge >= 0.3 is 0 Å². The summed E-state index contributed by atoms with van der Waals surface area (Å²) in [5, 5.41) is 2.71. The highest BCUT2D eigenvalue weighted by Crippen LogP contribution is 2.17. The zero-order valence-corrected chi connectivity index (χ0v) is 10.3. The van der Waals surface area contributed by atoms with Gasteiger partial charge in [-0.2, -0.15) is 0 Å². The quantitative estimate of drug-likeness (QED) is 0.693. The Bertz CT molecular complexity index is 363. The Morgan fingerprint density at radius 1 is 1.44 bits per heavy atom. The molecule has 0 spiro atoms. The Hall–Kier alpha value is -1.50. The second-order valence-corrected chi connectivity index (χ2v) is 4.47. The molecule has 4 heteroatoms. The fraction of sp³-hybridized carbons (Fsp3) is 0.667. The molecule has 2 amide bonds. The molecular formula is C12H18N2O2. The fourth-order valence-corrected chi connectivity index (χ4v) is 1.74. The molecule has 1 aliphatic heterocycles. The lowest BCUT2D eigenvalue weighted by atomic mass is 9.97. The molecule has 1 fully saturated rings.